The number of methoxy groups -OCH3 is 2. The van der Waals surface area contributed by atoms with Crippen LogP contribution in [0.25, 0.3) is 0 Å². The topological polar surface area (TPSA) is 64.1 Å². The van der Waals surface area contributed by atoms with Gasteiger partial charge in [0, 0.05) is 20.1 Å². The molecular weight excluding hydrogens is 505 g/mol. The third-order valence-electron chi connectivity index (χ3n) is 4.14. The number of rotatable bonds is 9. The molecule has 0 heterocycles. The number of hydrogen-bond donors (Lipinski definition) is 2. The fraction of sp³-hybridized carbons (Fsp3) is 0.381. The van der Waals surface area contributed by atoms with Gasteiger partial charge in [0.15, 0.2) is 17.5 Å². The first-order chi connectivity index (χ1) is 13.6. The summed E-state index contributed by atoms with van der Waals surface area (Å²) in [5.41, 5.74) is 2.12. The Bertz CT molecular complexity index is 803. The van der Waals surface area contributed by atoms with Crippen LogP contribution < -0.4 is 24.8 Å². The number of halogens is 2. The van der Waals surface area contributed by atoms with Gasteiger partial charge in [-0.15, -0.1) is 24.0 Å². The summed E-state index contributed by atoms with van der Waals surface area (Å²) in [5, 5.41) is 7.12. The molecule has 0 radical (unpaired) electrons. The van der Waals surface area contributed by atoms with Gasteiger partial charge in [-0.05, 0) is 42.7 Å². The van der Waals surface area contributed by atoms with Gasteiger partial charge in [-0.3, -0.25) is 4.99 Å². The number of guanidine groups is 1. The van der Waals surface area contributed by atoms with Crippen LogP contribution in [0.5, 0.6) is 17.2 Å². The second kappa shape index (κ2) is 13.4. The van der Waals surface area contributed by atoms with E-state index in [0.717, 1.165) is 29.8 Å². The number of ether oxygens (including phenoxy) is 3. The Kier molecular flexibility index (Phi) is 11.6. The summed E-state index contributed by atoms with van der Waals surface area (Å²) >= 11 is 6.33. The molecule has 0 atom stereocenters. The van der Waals surface area contributed by atoms with Gasteiger partial charge in [0.1, 0.15) is 5.75 Å². The van der Waals surface area contributed by atoms with E-state index in [1.807, 2.05) is 37.3 Å². The van der Waals surface area contributed by atoms with Gasteiger partial charge >= 0.3 is 0 Å². The highest BCUT2D eigenvalue weighted by molar-refractivity contribution is 14.0. The zero-order valence-electron chi connectivity index (χ0n) is 17.3. The maximum Gasteiger partial charge on any atom is 0.191 e. The van der Waals surface area contributed by atoms with Crippen molar-refractivity contribution in [1.82, 2.24) is 10.6 Å². The Morgan fingerprint density at radius 3 is 2.45 bits per heavy atom. The van der Waals surface area contributed by atoms with Crippen LogP contribution in [0.4, 0.5) is 0 Å². The molecule has 0 spiro atoms. The van der Waals surface area contributed by atoms with E-state index in [0.29, 0.717) is 35.6 Å². The Labute approximate surface area is 195 Å². The van der Waals surface area contributed by atoms with Crippen LogP contribution in [0, 0.1) is 0 Å². The number of hydrogen-bond acceptors (Lipinski definition) is 4. The minimum Gasteiger partial charge on any atom is -0.496 e. The lowest BCUT2D eigenvalue weighted by atomic mass is 10.1. The van der Waals surface area contributed by atoms with E-state index in [-0.39, 0.29) is 24.0 Å². The molecule has 160 valence electrons. The monoisotopic (exact) mass is 533 g/mol. The molecule has 0 amide bonds. The SMILES string of the molecule is CCOc1c(Cl)cc(CNC(=NC)NCCc2ccccc2OC)cc1OC.I. The van der Waals surface area contributed by atoms with E-state index in [1.165, 1.54) is 0 Å². The van der Waals surface area contributed by atoms with Crippen molar-refractivity contribution in [2.24, 2.45) is 4.99 Å². The number of aliphatic imine (C=N–C) groups is 1. The van der Waals surface area contributed by atoms with E-state index in [9.17, 15) is 0 Å². The molecule has 2 aromatic rings. The molecule has 0 saturated carbocycles. The molecule has 2 N–H and O–H groups in total. The third-order valence-corrected chi connectivity index (χ3v) is 4.42. The Balaban J connectivity index is 0.00000420. The molecule has 0 aromatic heterocycles. The summed E-state index contributed by atoms with van der Waals surface area (Å²) in [6.07, 6.45) is 0.827. The molecule has 29 heavy (non-hydrogen) atoms. The summed E-state index contributed by atoms with van der Waals surface area (Å²) in [6.45, 7) is 3.71. The molecule has 0 aliphatic heterocycles. The molecule has 0 fully saturated rings. The van der Waals surface area contributed by atoms with Gasteiger partial charge in [0.2, 0.25) is 0 Å². The van der Waals surface area contributed by atoms with Crippen LogP contribution in [-0.2, 0) is 13.0 Å². The quantitative estimate of drug-likeness (QED) is 0.286. The standard InChI is InChI=1S/C21H28ClN3O3.HI/c1-5-28-20-17(22)12-15(13-19(20)27-4)14-25-21(23-2)24-11-10-16-8-6-7-9-18(16)26-3;/h6-9,12-13H,5,10-11,14H2,1-4H3,(H2,23,24,25);1H. The fourth-order valence-corrected chi connectivity index (χ4v) is 3.08. The molecule has 0 unspecified atom stereocenters. The molecular formula is C21H29ClIN3O3. The van der Waals surface area contributed by atoms with Crippen molar-refractivity contribution < 1.29 is 14.2 Å². The van der Waals surface area contributed by atoms with Crippen LogP contribution in [0.15, 0.2) is 41.4 Å². The number of nitrogens with one attached hydrogen (secondary N) is 2. The van der Waals surface area contributed by atoms with Crippen molar-refractivity contribution in [3.63, 3.8) is 0 Å². The normalized spacial score (nSPS) is 10.7. The van der Waals surface area contributed by atoms with E-state index >= 15 is 0 Å². The summed E-state index contributed by atoms with van der Waals surface area (Å²) in [6, 6.07) is 11.8. The van der Waals surface area contributed by atoms with Crippen LogP contribution in [0.1, 0.15) is 18.1 Å². The van der Waals surface area contributed by atoms with Crippen molar-refractivity contribution >= 4 is 41.5 Å². The molecule has 0 saturated heterocycles. The number of benzene rings is 2. The van der Waals surface area contributed by atoms with Crippen molar-refractivity contribution in [3.05, 3.63) is 52.5 Å². The largest absolute Gasteiger partial charge is 0.496 e. The van der Waals surface area contributed by atoms with Crippen LogP contribution in [-0.4, -0.2) is 40.4 Å². The van der Waals surface area contributed by atoms with Gasteiger partial charge in [0.25, 0.3) is 0 Å². The average molecular weight is 534 g/mol. The Hall–Kier alpha value is -1.87. The lowest BCUT2D eigenvalue weighted by Crippen LogP contribution is -2.37. The van der Waals surface area contributed by atoms with E-state index < -0.39 is 0 Å². The van der Waals surface area contributed by atoms with Crippen molar-refractivity contribution in [3.8, 4) is 17.2 Å². The molecule has 0 aliphatic rings. The molecule has 0 aliphatic carbocycles. The maximum absolute atomic E-state index is 6.33. The number of para-hydroxylation sites is 1. The van der Waals surface area contributed by atoms with Gasteiger partial charge in [0.05, 0.1) is 25.8 Å². The molecule has 2 aromatic carbocycles. The van der Waals surface area contributed by atoms with Crippen LogP contribution in [0.3, 0.4) is 0 Å². The lowest BCUT2D eigenvalue weighted by molar-refractivity contribution is 0.311. The average Bonchev–Trinajstić information content (AvgIpc) is 2.72. The smallest absolute Gasteiger partial charge is 0.191 e. The predicted octanol–water partition coefficient (Wildman–Crippen LogP) is 4.28. The van der Waals surface area contributed by atoms with Crippen LogP contribution in [0.2, 0.25) is 5.02 Å². The van der Waals surface area contributed by atoms with Crippen molar-refractivity contribution in [1.29, 1.82) is 0 Å². The van der Waals surface area contributed by atoms with E-state index in [4.69, 9.17) is 25.8 Å². The molecule has 0 bridgehead atoms. The van der Waals surface area contributed by atoms with Crippen molar-refractivity contribution in [2.45, 2.75) is 19.9 Å². The van der Waals surface area contributed by atoms with Gasteiger partial charge in [-0.25, -0.2) is 0 Å². The first-order valence-corrected chi connectivity index (χ1v) is 9.56. The molecule has 6 nitrogen and oxygen atoms in total. The second-order valence-corrected chi connectivity index (χ2v) is 6.36. The Morgan fingerprint density at radius 2 is 1.79 bits per heavy atom. The van der Waals surface area contributed by atoms with Crippen LogP contribution >= 0.6 is 35.6 Å². The van der Waals surface area contributed by atoms with E-state index in [2.05, 4.69) is 21.7 Å². The summed E-state index contributed by atoms with van der Waals surface area (Å²) in [5.74, 6) is 2.78. The highest BCUT2D eigenvalue weighted by atomic mass is 127. The van der Waals surface area contributed by atoms with Crippen molar-refractivity contribution in [2.75, 3.05) is 34.4 Å². The fourth-order valence-electron chi connectivity index (χ4n) is 2.79. The predicted molar refractivity (Wildman–Crippen MR) is 129 cm³/mol. The third kappa shape index (κ3) is 7.47. The minimum absolute atomic E-state index is 0. The zero-order chi connectivity index (χ0) is 20.4. The lowest BCUT2D eigenvalue weighted by Gasteiger charge is -2.15. The number of nitrogens with zero attached hydrogens (tertiary/aromatic N) is 1. The highest BCUT2D eigenvalue weighted by Gasteiger charge is 2.12. The minimum atomic E-state index is 0. The first-order valence-electron chi connectivity index (χ1n) is 9.18. The molecule has 8 heteroatoms. The summed E-state index contributed by atoms with van der Waals surface area (Å²) < 4.78 is 16.3. The Morgan fingerprint density at radius 1 is 1.07 bits per heavy atom. The maximum atomic E-state index is 6.33. The molecule has 2 rings (SSSR count). The van der Waals surface area contributed by atoms with Gasteiger partial charge in [-0.1, -0.05) is 29.8 Å². The van der Waals surface area contributed by atoms with E-state index in [1.54, 1.807) is 21.3 Å². The summed E-state index contributed by atoms with van der Waals surface area (Å²) in [7, 11) is 5.02. The first kappa shape index (κ1) is 25.2. The second-order valence-electron chi connectivity index (χ2n) is 5.96. The summed E-state index contributed by atoms with van der Waals surface area (Å²) in [4.78, 5) is 4.26. The zero-order valence-corrected chi connectivity index (χ0v) is 20.3. The highest BCUT2D eigenvalue weighted by Crippen LogP contribution is 2.36. The van der Waals surface area contributed by atoms with Gasteiger partial charge in [-0.2, -0.15) is 0 Å². The van der Waals surface area contributed by atoms with Gasteiger partial charge < -0.3 is 24.8 Å².